The molecule has 1 aromatic carbocycles. The molecule has 1 aromatic heterocycles. The summed E-state index contributed by atoms with van der Waals surface area (Å²) in [5.41, 5.74) is 2.63. The van der Waals surface area contributed by atoms with Gasteiger partial charge in [0.25, 0.3) is 0 Å². The summed E-state index contributed by atoms with van der Waals surface area (Å²) in [7, 11) is 0. The van der Waals surface area contributed by atoms with Crippen LogP contribution in [0.4, 0.5) is 0 Å². The topological polar surface area (TPSA) is 13.1 Å². The molecule has 1 aliphatic carbocycles. The van der Waals surface area contributed by atoms with Crippen molar-refractivity contribution < 1.29 is 4.42 Å². The lowest BCUT2D eigenvalue weighted by molar-refractivity contribution is 0.582. The number of benzene rings is 1. The zero-order valence-corrected chi connectivity index (χ0v) is 8.65. The van der Waals surface area contributed by atoms with Crippen molar-refractivity contribution in [3.8, 4) is 11.3 Å². The van der Waals surface area contributed by atoms with Crippen LogP contribution in [0.2, 0.25) is 0 Å². The molecule has 1 nitrogen and oxygen atoms in total. The van der Waals surface area contributed by atoms with Crippen molar-refractivity contribution in [1.29, 1.82) is 0 Å². The molecule has 0 unspecified atom stereocenters. The van der Waals surface area contributed by atoms with Gasteiger partial charge in [0.1, 0.15) is 5.76 Å². The molecule has 0 aliphatic heterocycles. The van der Waals surface area contributed by atoms with E-state index in [0.717, 1.165) is 11.7 Å². The minimum absolute atomic E-state index is 0.942. The van der Waals surface area contributed by atoms with E-state index in [1.165, 1.54) is 30.4 Å². The van der Waals surface area contributed by atoms with Crippen LogP contribution in [0, 0.1) is 5.92 Å². The van der Waals surface area contributed by atoms with E-state index in [4.69, 9.17) is 4.42 Å². The van der Waals surface area contributed by atoms with Gasteiger partial charge in [0.15, 0.2) is 0 Å². The average Bonchev–Trinajstić information content (AvgIpc) is 2.91. The summed E-state index contributed by atoms with van der Waals surface area (Å²) in [6.07, 6.45) is 5.77. The fourth-order valence-corrected chi connectivity index (χ4v) is 1.95. The van der Waals surface area contributed by atoms with Gasteiger partial charge in [-0.1, -0.05) is 18.2 Å². The number of hydrogen-bond donors (Lipinski definition) is 0. The number of furan rings is 1. The molecule has 0 saturated heterocycles. The summed E-state index contributed by atoms with van der Waals surface area (Å²) in [6, 6.07) is 12.6. The maximum absolute atomic E-state index is 5.40. The molecule has 1 fully saturated rings. The molecule has 1 heteroatoms. The molecule has 15 heavy (non-hydrogen) atoms. The molecule has 0 spiro atoms. The lowest BCUT2D eigenvalue weighted by atomic mass is 10.0. The molecule has 0 bridgehead atoms. The van der Waals surface area contributed by atoms with Crippen molar-refractivity contribution in [3.05, 3.63) is 48.2 Å². The third-order valence-corrected chi connectivity index (χ3v) is 2.95. The van der Waals surface area contributed by atoms with Crippen LogP contribution in [0.5, 0.6) is 0 Å². The van der Waals surface area contributed by atoms with E-state index in [9.17, 15) is 0 Å². The molecule has 3 rings (SSSR count). The summed E-state index contributed by atoms with van der Waals surface area (Å²) in [5, 5.41) is 0. The van der Waals surface area contributed by atoms with Gasteiger partial charge in [0.05, 0.1) is 6.26 Å². The van der Waals surface area contributed by atoms with Crippen molar-refractivity contribution in [1.82, 2.24) is 0 Å². The van der Waals surface area contributed by atoms with Crippen LogP contribution in [-0.2, 0) is 6.42 Å². The highest BCUT2D eigenvalue weighted by molar-refractivity contribution is 5.58. The van der Waals surface area contributed by atoms with E-state index < -0.39 is 0 Å². The lowest BCUT2D eigenvalue weighted by Crippen LogP contribution is -1.86. The summed E-state index contributed by atoms with van der Waals surface area (Å²) in [6.45, 7) is 0. The zero-order chi connectivity index (χ0) is 10.1. The van der Waals surface area contributed by atoms with Crippen LogP contribution in [0.3, 0.4) is 0 Å². The maximum atomic E-state index is 5.40. The van der Waals surface area contributed by atoms with Crippen molar-refractivity contribution in [3.63, 3.8) is 0 Å². The molecule has 0 atom stereocenters. The van der Waals surface area contributed by atoms with Crippen LogP contribution in [0.15, 0.2) is 47.1 Å². The van der Waals surface area contributed by atoms with Crippen molar-refractivity contribution in [2.75, 3.05) is 0 Å². The van der Waals surface area contributed by atoms with Crippen molar-refractivity contribution >= 4 is 0 Å². The Hall–Kier alpha value is -1.50. The third kappa shape index (κ3) is 1.96. The smallest absolute Gasteiger partial charge is 0.133 e. The first-order chi connectivity index (χ1) is 7.42. The summed E-state index contributed by atoms with van der Waals surface area (Å²) in [5.74, 6) is 1.91. The average molecular weight is 198 g/mol. The Balaban J connectivity index is 1.88. The summed E-state index contributed by atoms with van der Waals surface area (Å²) in [4.78, 5) is 0. The van der Waals surface area contributed by atoms with Crippen molar-refractivity contribution in [2.24, 2.45) is 5.92 Å². The first-order valence-corrected chi connectivity index (χ1v) is 5.54. The standard InChI is InChI=1S/C14H14O/c1-3-12(9-11-6-7-11)10-13(4-1)14-5-2-8-15-14/h1-5,8,10-11H,6-7,9H2. The first-order valence-electron chi connectivity index (χ1n) is 5.54. The molecule has 0 N–H and O–H groups in total. The first kappa shape index (κ1) is 8.78. The predicted molar refractivity (Wildman–Crippen MR) is 60.6 cm³/mol. The highest BCUT2D eigenvalue weighted by atomic mass is 16.3. The van der Waals surface area contributed by atoms with Crippen LogP contribution >= 0.6 is 0 Å². The third-order valence-electron chi connectivity index (χ3n) is 2.95. The maximum Gasteiger partial charge on any atom is 0.133 e. The van der Waals surface area contributed by atoms with E-state index in [1.807, 2.05) is 12.1 Å². The van der Waals surface area contributed by atoms with Gasteiger partial charge in [0.2, 0.25) is 0 Å². The molecule has 1 saturated carbocycles. The molecule has 0 radical (unpaired) electrons. The Morgan fingerprint density at radius 3 is 2.80 bits per heavy atom. The van der Waals surface area contributed by atoms with Gasteiger partial charge < -0.3 is 4.42 Å². The fraction of sp³-hybridized carbons (Fsp3) is 0.286. The Morgan fingerprint density at radius 1 is 1.13 bits per heavy atom. The molecule has 2 aromatic rings. The monoisotopic (exact) mass is 198 g/mol. The van der Waals surface area contributed by atoms with Crippen molar-refractivity contribution in [2.45, 2.75) is 19.3 Å². The van der Waals surface area contributed by atoms with E-state index in [0.29, 0.717) is 0 Å². The molecule has 76 valence electrons. The van der Waals surface area contributed by atoms with E-state index in [2.05, 4.69) is 24.3 Å². The highest BCUT2D eigenvalue weighted by Gasteiger charge is 2.21. The van der Waals surface area contributed by atoms with E-state index in [-0.39, 0.29) is 0 Å². The number of rotatable bonds is 3. The molecule has 0 amide bonds. The van der Waals surface area contributed by atoms with Crippen LogP contribution in [0.25, 0.3) is 11.3 Å². The molecular formula is C14H14O. The summed E-state index contributed by atoms with van der Waals surface area (Å²) < 4.78 is 5.40. The minimum Gasteiger partial charge on any atom is -0.464 e. The zero-order valence-electron chi connectivity index (χ0n) is 8.65. The second-order valence-corrected chi connectivity index (χ2v) is 4.33. The summed E-state index contributed by atoms with van der Waals surface area (Å²) >= 11 is 0. The Labute approximate surface area is 89.7 Å². The van der Waals surface area contributed by atoms with Gasteiger partial charge in [-0.15, -0.1) is 0 Å². The second-order valence-electron chi connectivity index (χ2n) is 4.33. The Morgan fingerprint density at radius 2 is 2.07 bits per heavy atom. The van der Waals surface area contributed by atoms with Gasteiger partial charge in [-0.05, 0) is 48.9 Å². The fourth-order valence-electron chi connectivity index (χ4n) is 1.95. The van der Waals surface area contributed by atoms with Gasteiger partial charge in [-0.3, -0.25) is 0 Å². The Bertz CT molecular complexity index is 438. The molecule has 1 aliphatic rings. The number of hydrogen-bond acceptors (Lipinski definition) is 1. The predicted octanol–water partition coefficient (Wildman–Crippen LogP) is 3.90. The largest absolute Gasteiger partial charge is 0.464 e. The highest BCUT2D eigenvalue weighted by Crippen LogP contribution is 2.33. The molecule has 1 heterocycles. The second kappa shape index (κ2) is 3.58. The normalized spacial score (nSPS) is 15.5. The van der Waals surface area contributed by atoms with Gasteiger partial charge in [-0.25, -0.2) is 0 Å². The van der Waals surface area contributed by atoms with Gasteiger partial charge in [0, 0.05) is 5.56 Å². The minimum atomic E-state index is 0.942. The van der Waals surface area contributed by atoms with Crippen LogP contribution in [0.1, 0.15) is 18.4 Å². The Kier molecular flexibility index (Phi) is 2.09. The van der Waals surface area contributed by atoms with Gasteiger partial charge >= 0.3 is 0 Å². The quantitative estimate of drug-likeness (QED) is 0.729. The SMILES string of the molecule is c1cc(CC2CC2)cc(-c2ccco2)c1. The van der Waals surface area contributed by atoms with Gasteiger partial charge in [-0.2, -0.15) is 0 Å². The van der Waals surface area contributed by atoms with E-state index >= 15 is 0 Å². The lowest BCUT2D eigenvalue weighted by Gasteiger charge is -2.02. The van der Waals surface area contributed by atoms with Crippen LogP contribution in [-0.4, -0.2) is 0 Å². The van der Waals surface area contributed by atoms with E-state index in [1.54, 1.807) is 6.26 Å². The van der Waals surface area contributed by atoms with Crippen LogP contribution < -0.4 is 0 Å². The molecular weight excluding hydrogens is 184 g/mol.